The van der Waals surface area contributed by atoms with Gasteiger partial charge in [-0.25, -0.2) is 0 Å². The lowest BCUT2D eigenvalue weighted by atomic mass is 9.89. The molecule has 0 aromatic heterocycles. The Bertz CT molecular complexity index is 571. The van der Waals surface area contributed by atoms with Crippen LogP contribution >= 0.6 is 12.4 Å². The summed E-state index contributed by atoms with van der Waals surface area (Å²) in [6, 6.07) is 5.49. The van der Waals surface area contributed by atoms with Gasteiger partial charge in [-0.1, -0.05) is 0 Å². The Morgan fingerprint density at radius 3 is 2.83 bits per heavy atom. The van der Waals surface area contributed by atoms with Gasteiger partial charge in [0.05, 0.1) is 6.04 Å². The Kier molecular flexibility index (Phi) is 5.42. The van der Waals surface area contributed by atoms with E-state index in [0.29, 0.717) is 18.7 Å². The molecule has 1 aromatic rings. The van der Waals surface area contributed by atoms with Crippen LogP contribution in [0.15, 0.2) is 18.2 Å². The number of halogens is 1. The molecule has 0 bridgehead atoms. The summed E-state index contributed by atoms with van der Waals surface area (Å²) in [7, 11) is 0. The quantitative estimate of drug-likeness (QED) is 0.812. The summed E-state index contributed by atoms with van der Waals surface area (Å²) in [6.45, 7) is 4.73. The van der Waals surface area contributed by atoms with Crippen LogP contribution in [0.1, 0.15) is 51.1 Å². The van der Waals surface area contributed by atoms with E-state index >= 15 is 0 Å². The summed E-state index contributed by atoms with van der Waals surface area (Å²) >= 11 is 0. The molecule has 0 spiro atoms. The first-order valence-electron chi connectivity index (χ1n) is 7.95. The fourth-order valence-corrected chi connectivity index (χ4v) is 3.21. The number of carbonyl (C=O) groups is 1. The van der Waals surface area contributed by atoms with Crippen LogP contribution in [0.25, 0.3) is 0 Å². The molecule has 1 amide bonds. The molecule has 2 aliphatic heterocycles. The number of nitrogens with one attached hydrogen (secondary N) is 1. The van der Waals surface area contributed by atoms with Gasteiger partial charge in [0.1, 0.15) is 17.5 Å². The van der Waals surface area contributed by atoms with E-state index in [4.69, 9.17) is 15.2 Å². The van der Waals surface area contributed by atoms with E-state index in [0.717, 1.165) is 30.6 Å². The monoisotopic (exact) mass is 340 g/mol. The molecule has 2 atom stereocenters. The molecule has 2 aliphatic rings. The molecule has 128 valence electrons. The second-order valence-electron chi connectivity index (χ2n) is 6.78. The molecule has 0 radical (unpaired) electrons. The average Bonchev–Trinajstić information content (AvgIpc) is 2.48. The van der Waals surface area contributed by atoms with Crippen molar-refractivity contribution in [2.45, 2.75) is 57.3 Å². The number of anilines is 1. The summed E-state index contributed by atoms with van der Waals surface area (Å²) < 4.78 is 11.6. The number of benzene rings is 1. The average molecular weight is 341 g/mol. The number of fused-ring (bicyclic) bond motifs is 1. The molecule has 23 heavy (non-hydrogen) atoms. The maximum atomic E-state index is 12.5. The standard InChI is InChI=1S/C17H24N2O3.ClH/c1-17(2)10-13(12-9-11(18)6-7-14(12)22-17)19-16(20)15-5-3-4-8-21-15;/h6-7,9,13,15H,3-5,8,10,18H2,1-2H3,(H,19,20);1H. The van der Waals surface area contributed by atoms with Crippen molar-refractivity contribution in [2.24, 2.45) is 0 Å². The highest BCUT2D eigenvalue weighted by atomic mass is 35.5. The minimum atomic E-state index is -0.329. The van der Waals surface area contributed by atoms with Crippen molar-refractivity contribution in [1.29, 1.82) is 0 Å². The van der Waals surface area contributed by atoms with Gasteiger partial charge in [-0.3, -0.25) is 4.79 Å². The van der Waals surface area contributed by atoms with Crippen molar-refractivity contribution >= 4 is 24.0 Å². The number of ether oxygens (including phenoxy) is 2. The number of amides is 1. The van der Waals surface area contributed by atoms with Crippen LogP contribution in [0.2, 0.25) is 0 Å². The summed E-state index contributed by atoms with van der Waals surface area (Å²) in [5.74, 6) is 0.760. The molecule has 6 heteroatoms. The number of hydrogen-bond donors (Lipinski definition) is 2. The maximum absolute atomic E-state index is 12.5. The van der Waals surface area contributed by atoms with Gasteiger partial charge in [-0.2, -0.15) is 0 Å². The lowest BCUT2D eigenvalue weighted by Crippen LogP contribution is -2.45. The number of nitrogen functional groups attached to an aromatic ring is 1. The molecule has 2 heterocycles. The van der Waals surface area contributed by atoms with Crippen molar-refractivity contribution in [3.05, 3.63) is 23.8 Å². The molecule has 2 unspecified atom stereocenters. The maximum Gasteiger partial charge on any atom is 0.249 e. The number of carbonyl (C=O) groups excluding carboxylic acids is 1. The predicted molar refractivity (Wildman–Crippen MR) is 91.9 cm³/mol. The van der Waals surface area contributed by atoms with E-state index < -0.39 is 0 Å². The van der Waals surface area contributed by atoms with E-state index in [1.165, 1.54) is 0 Å². The minimum Gasteiger partial charge on any atom is -0.487 e. The highest BCUT2D eigenvalue weighted by molar-refractivity contribution is 5.85. The Labute approximate surface area is 143 Å². The predicted octanol–water partition coefficient (Wildman–Crippen LogP) is 2.98. The second-order valence-corrected chi connectivity index (χ2v) is 6.78. The first-order valence-corrected chi connectivity index (χ1v) is 7.95. The highest BCUT2D eigenvalue weighted by Gasteiger charge is 2.36. The molecular formula is C17H25ClN2O3. The Hall–Kier alpha value is -1.46. The van der Waals surface area contributed by atoms with Gasteiger partial charge >= 0.3 is 0 Å². The SMILES string of the molecule is CC1(C)CC(NC(=O)C2CCCCO2)c2cc(N)ccc2O1.Cl. The molecule has 5 nitrogen and oxygen atoms in total. The zero-order chi connectivity index (χ0) is 15.7. The number of nitrogens with two attached hydrogens (primary N) is 1. The van der Waals surface area contributed by atoms with Crippen LogP contribution in [0.4, 0.5) is 5.69 Å². The molecule has 1 saturated heterocycles. The van der Waals surface area contributed by atoms with Crippen molar-refractivity contribution in [3.63, 3.8) is 0 Å². The minimum absolute atomic E-state index is 0. The van der Waals surface area contributed by atoms with Gasteiger partial charge in [-0.05, 0) is 51.3 Å². The lowest BCUT2D eigenvalue weighted by molar-refractivity contribution is -0.136. The van der Waals surface area contributed by atoms with E-state index in [1.807, 2.05) is 32.0 Å². The van der Waals surface area contributed by atoms with Gasteiger partial charge in [0.25, 0.3) is 0 Å². The zero-order valence-electron chi connectivity index (χ0n) is 13.6. The van der Waals surface area contributed by atoms with Crippen LogP contribution in [-0.2, 0) is 9.53 Å². The van der Waals surface area contributed by atoms with Gasteiger partial charge in [0.2, 0.25) is 5.91 Å². The fraction of sp³-hybridized carbons (Fsp3) is 0.588. The zero-order valence-corrected chi connectivity index (χ0v) is 14.4. The molecule has 3 rings (SSSR count). The van der Waals surface area contributed by atoms with Gasteiger partial charge < -0.3 is 20.5 Å². The highest BCUT2D eigenvalue weighted by Crippen LogP contribution is 2.40. The van der Waals surface area contributed by atoms with Crippen LogP contribution in [0.3, 0.4) is 0 Å². The van der Waals surface area contributed by atoms with Crippen LogP contribution in [-0.4, -0.2) is 24.2 Å². The second kappa shape index (κ2) is 6.97. The van der Waals surface area contributed by atoms with Crippen molar-refractivity contribution in [1.82, 2.24) is 5.32 Å². The van der Waals surface area contributed by atoms with Crippen LogP contribution in [0.5, 0.6) is 5.75 Å². The van der Waals surface area contributed by atoms with Crippen LogP contribution < -0.4 is 15.8 Å². The fourth-order valence-electron chi connectivity index (χ4n) is 3.21. The Morgan fingerprint density at radius 2 is 2.13 bits per heavy atom. The number of hydrogen-bond acceptors (Lipinski definition) is 4. The van der Waals surface area contributed by atoms with Gasteiger partial charge in [-0.15, -0.1) is 12.4 Å². The molecule has 0 aliphatic carbocycles. The summed E-state index contributed by atoms with van der Waals surface area (Å²) in [4.78, 5) is 12.5. The van der Waals surface area contributed by atoms with E-state index in [2.05, 4.69) is 5.32 Å². The first kappa shape index (κ1) is 17.9. The molecule has 1 aromatic carbocycles. The van der Waals surface area contributed by atoms with Gasteiger partial charge in [0, 0.05) is 24.3 Å². The largest absolute Gasteiger partial charge is 0.487 e. The van der Waals surface area contributed by atoms with Gasteiger partial charge in [0.15, 0.2) is 0 Å². The lowest BCUT2D eigenvalue weighted by Gasteiger charge is -2.38. The molecule has 3 N–H and O–H groups in total. The Balaban J connectivity index is 0.00000192. The van der Waals surface area contributed by atoms with E-state index in [-0.39, 0.29) is 36.1 Å². The third-order valence-electron chi connectivity index (χ3n) is 4.28. The topological polar surface area (TPSA) is 73.6 Å². The summed E-state index contributed by atoms with van der Waals surface area (Å²) in [5, 5.41) is 3.13. The molecular weight excluding hydrogens is 316 g/mol. The smallest absolute Gasteiger partial charge is 0.249 e. The van der Waals surface area contributed by atoms with Crippen molar-refractivity contribution in [3.8, 4) is 5.75 Å². The normalized spacial score (nSPS) is 25.5. The van der Waals surface area contributed by atoms with E-state index in [1.54, 1.807) is 0 Å². The van der Waals surface area contributed by atoms with Crippen LogP contribution in [0, 0.1) is 0 Å². The number of rotatable bonds is 2. The van der Waals surface area contributed by atoms with E-state index in [9.17, 15) is 4.79 Å². The molecule has 1 fully saturated rings. The third kappa shape index (κ3) is 4.09. The van der Waals surface area contributed by atoms with Crippen molar-refractivity contribution in [2.75, 3.05) is 12.3 Å². The molecule has 0 saturated carbocycles. The first-order chi connectivity index (χ1) is 10.4. The van der Waals surface area contributed by atoms with Crippen molar-refractivity contribution < 1.29 is 14.3 Å². The summed E-state index contributed by atoms with van der Waals surface area (Å²) in [5.41, 5.74) is 7.19. The Morgan fingerprint density at radius 1 is 1.35 bits per heavy atom. The third-order valence-corrected chi connectivity index (χ3v) is 4.28. The summed E-state index contributed by atoms with van der Waals surface area (Å²) in [6.07, 6.45) is 3.25.